The highest BCUT2D eigenvalue weighted by Gasteiger charge is 2.27. The molecule has 1 aliphatic heterocycles. The maximum atomic E-state index is 12.3. The second kappa shape index (κ2) is 7.51. The van der Waals surface area contributed by atoms with Crippen molar-refractivity contribution in [3.05, 3.63) is 59.5 Å². The van der Waals surface area contributed by atoms with Crippen molar-refractivity contribution in [3.63, 3.8) is 0 Å². The van der Waals surface area contributed by atoms with Crippen LogP contribution in [0, 0.1) is 0 Å². The molecule has 3 aromatic rings. The van der Waals surface area contributed by atoms with Gasteiger partial charge in [-0.25, -0.2) is 14.8 Å². The summed E-state index contributed by atoms with van der Waals surface area (Å²) >= 11 is 0. The highest BCUT2D eigenvalue weighted by atomic mass is 16.5. The van der Waals surface area contributed by atoms with E-state index in [9.17, 15) is 9.90 Å². The lowest BCUT2D eigenvalue weighted by Crippen LogP contribution is -2.03. The van der Waals surface area contributed by atoms with Gasteiger partial charge in [0, 0.05) is 35.3 Å². The van der Waals surface area contributed by atoms with Gasteiger partial charge in [-0.1, -0.05) is 6.07 Å². The Kier molecular flexibility index (Phi) is 4.74. The number of rotatable bonds is 5. The SMILES string of the molecule is COC(=O)c1c(Nc2cccc(OC)c2)oc(C=C2C=Nc3ncccc32)c1O. The maximum absolute atomic E-state index is 12.3. The molecule has 0 spiro atoms. The third-order valence-electron chi connectivity index (χ3n) is 4.34. The molecule has 0 unspecified atom stereocenters. The minimum Gasteiger partial charge on any atom is -0.504 e. The van der Waals surface area contributed by atoms with Crippen LogP contribution in [0.3, 0.4) is 0 Å². The second-order valence-electron chi connectivity index (χ2n) is 6.10. The van der Waals surface area contributed by atoms with E-state index in [2.05, 4.69) is 15.3 Å². The van der Waals surface area contributed by atoms with Gasteiger partial charge in [0.05, 0.1) is 14.2 Å². The largest absolute Gasteiger partial charge is 0.504 e. The van der Waals surface area contributed by atoms with Gasteiger partial charge in [-0.15, -0.1) is 0 Å². The van der Waals surface area contributed by atoms with E-state index in [0.717, 1.165) is 5.56 Å². The second-order valence-corrected chi connectivity index (χ2v) is 6.10. The van der Waals surface area contributed by atoms with Crippen LogP contribution in [-0.2, 0) is 4.74 Å². The van der Waals surface area contributed by atoms with Crippen LogP contribution >= 0.6 is 0 Å². The molecular weight excluding hydrogens is 374 g/mol. The average molecular weight is 391 g/mol. The zero-order valence-electron chi connectivity index (χ0n) is 15.7. The number of anilines is 2. The summed E-state index contributed by atoms with van der Waals surface area (Å²) in [5.41, 5.74) is 2.00. The number of carbonyl (C=O) groups excluding carboxylic acids is 1. The quantitative estimate of drug-likeness (QED) is 0.629. The Hall–Kier alpha value is -4.07. The number of furan rings is 1. The number of allylic oxidation sites excluding steroid dienone is 1. The normalized spacial score (nSPS) is 13.4. The molecular formula is C21H17N3O5. The Labute approximate surface area is 166 Å². The fourth-order valence-electron chi connectivity index (χ4n) is 2.93. The molecule has 8 nitrogen and oxygen atoms in total. The number of fused-ring (bicyclic) bond motifs is 1. The molecule has 0 saturated heterocycles. The Bertz CT molecular complexity index is 1150. The zero-order valence-corrected chi connectivity index (χ0v) is 15.7. The molecule has 2 aromatic heterocycles. The van der Waals surface area contributed by atoms with Crippen molar-refractivity contribution in [2.24, 2.45) is 4.99 Å². The number of nitrogens with zero attached hydrogens (tertiary/aromatic N) is 2. The summed E-state index contributed by atoms with van der Waals surface area (Å²) in [5.74, 6) is 0.278. The number of ether oxygens (including phenoxy) is 2. The molecule has 3 heterocycles. The van der Waals surface area contributed by atoms with Gasteiger partial charge in [-0.05, 0) is 30.3 Å². The predicted molar refractivity (Wildman–Crippen MR) is 108 cm³/mol. The van der Waals surface area contributed by atoms with E-state index in [1.165, 1.54) is 7.11 Å². The van der Waals surface area contributed by atoms with Crippen molar-refractivity contribution in [2.45, 2.75) is 0 Å². The summed E-state index contributed by atoms with van der Waals surface area (Å²) in [7, 11) is 2.78. The first-order valence-electron chi connectivity index (χ1n) is 8.67. The first-order chi connectivity index (χ1) is 14.1. The highest BCUT2D eigenvalue weighted by molar-refractivity contribution is 6.21. The highest BCUT2D eigenvalue weighted by Crippen LogP contribution is 2.39. The van der Waals surface area contributed by atoms with Gasteiger partial charge < -0.3 is 24.3 Å². The van der Waals surface area contributed by atoms with Gasteiger partial charge in [0.2, 0.25) is 5.88 Å². The van der Waals surface area contributed by atoms with Crippen molar-refractivity contribution in [2.75, 3.05) is 19.5 Å². The first-order valence-corrected chi connectivity index (χ1v) is 8.67. The molecule has 0 aliphatic carbocycles. The van der Waals surface area contributed by atoms with E-state index in [0.29, 0.717) is 22.8 Å². The number of hydrogen-bond donors (Lipinski definition) is 2. The van der Waals surface area contributed by atoms with Crippen LogP contribution in [0.25, 0.3) is 11.6 Å². The number of hydrogen-bond acceptors (Lipinski definition) is 8. The number of methoxy groups -OCH3 is 2. The molecule has 0 radical (unpaired) electrons. The Balaban J connectivity index is 1.76. The molecule has 0 bridgehead atoms. The molecule has 0 atom stereocenters. The van der Waals surface area contributed by atoms with Gasteiger partial charge in [0.1, 0.15) is 5.75 Å². The molecule has 8 heteroatoms. The number of carbonyl (C=O) groups is 1. The van der Waals surface area contributed by atoms with Crippen LogP contribution in [0.5, 0.6) is 11.5 Å². The lowest BCUT2D eigenvalue weighted by atomic mass is 10.1. The summed E-state index contributed by atoms with van der Waals surface area (Å²) in [6.07, 6.45) is 4.86. The molecule has 4 rings (SSSR count). The lowest BCUT2D eigenvalue weighted by Gasteiger charge is -2.07. The molecule has 146 valence electrons. The number of esters is 1. The van der Waals surface area contributed by atoms with Gasteiger partial charge in [-0.2, -0.15) is 0 Å². The Morgan fingerprint density at radius 1 is 1.24 bits per heavy atom. The number of benzene rings is 1. The number of aromatic nitrogens is 1. The average Bonchev–Trinajstić information content (AvgIpc) is 3.29. The summed E-state index contributed by atoms with van der Waals surface area (Å²) in [6.45, 7) is 0. The first kappa shape index (κ1) is 18.3. The molecule has 1 aromatic carbocycles. The molecule has 0 fully saturated rings. The van der Waals surface area contributed by atoms with E-state index in [4.69, 9.17) is 13.9 Å². The Morgan fingerprint density at radius 2 is 2.10 bits per heavy atom. The van der Waals surface area contributed by atoms with Gasteiger partial charge in [-0.3, -0.25) is 0 Å². The fourth-order valence-corrected chi connectivity index (χ4v) is 2.93. The van der Waals surface area contributed by atoms with Crippen LogP contribution in [0.4, 0.5) is 17.4 Å². The summed E-state index contributed by atoms with van der Waals surface area (Å²) in [6, 6.07) is 10.7. The van der Waals surface area contributed by atoms with Crippen molar-refractivity contribution >= 4 is 41.2 Å². The number of aliphatic imine (C=N–C) groups is 1. The lowest BCUT2D eigenvalue weighted by molar-refractivity contribution is 0.0598. The maximum Gasteiger partial charge on any atom is 0.347 e. The van der Waals surface area contributed by atoms with E-state index >= 15 is 0 Å². The minimum atomic E-state index is -0.733. The third-order valence-corrected chi connectivity index (χ3v) is 4.34. The molecule has 2 N–H and O–H groups in total. The van der Waals surface area contributed by atoms with Crippen LogP contribution in [0.2, 0.25) is 0 Å². The molecule has 29 heavy (non-hydrogen) atoms. The molecule has 0 amide bonds. The monoisotopic (exact) mass is 391 g/mol. The van der Waals surface area contributed by atoms with Crippen molar-refractivity contribution in [3.8, 4) is 11.5 Å². The van der Waals surface area contributed by atoms with Crippen molar-refractivity contribution in [1.29, 1.82) is 0 Å². The smallest absolute Gasteiger partial charge is 0.347 e. The molecule has 1 aliphatic rings. The summed E-state index contributed by atoms with van der Waals surface area (Å²) in [4.78, 5) is 20.7. The van der Waals surface area contributed by atoms with Crippen molar-refractivity contribution < 1.29 is 23.8 Å². The van der Waals surface area contributed by atoms with Gasteiger partial charge in [0.15, 0.2) is 22.9 Å². The van der Waals surface area contributed by atoms with E-state index in [1.807, 2.05) is 6.07 Å². The zero-order chi connectivity index (χ0) is 20.4. The molecule has 0 saturated carbocycles. The third kappa shape index (κ3) is 3.43. The van der Waals surface area contributed by atoms with E-state index in [-0.39, 0.29) is 23.0 Å². The summed E-state index contributed by atoms with van der Waals surface area (Å²) in [5, 5.41) is 13.6. The van der Waals surface area contributed by atoms with Gasteiger partial charge in [0.25, 0.3) is 0 Å². The topological polar surface area (TPSA) is 106 Å². The standard InChI is InChI=1S/C21H17N3O5/c1-27-14-6-3-5-13(10-14)24-20-17(21(26)28-2)18(25)16(29-20)9-12-11-23-19-15(12)7-4-8-22-19/h3-11,24-25H,1-2H3. The van der Waals surface area contributed by atoms with E-state index in [1.54, 1.807) is 55.9 Å². The van der Waals surface area contributed by atoms with Crippen molar-refractivity contribution in [1.82, 2.24) is 4.98 Å². The summed E-state index contributed by atoms with van der Waals surface area (Å²) < 4.78 is 15.8. The van der Waals surface area contributed by atoms with Crippen LogP contribution in [0.15, 0.2) is 52.0 Å². The van der Waals surface area contributed by atoms with Crippen LogP contribution in [-0.4, -0.2) is 36.5 Å². The fraction of sp³-hybridized carbons (Fsp3) is 0.0952. The van der Waals surface area contributed by atoms with Crippen LogP contribution < -0.4 is 10.1 Å². The Morgan fingerprint density at radius 3 is 2.90 bits per heavy atom. The number of nitrogens with one attached hydrogen (secondary N) is 1. The number of aromatic hydroxyl groups is 1. The minimum absolute atomic E-state index is 0.0517. The predicted octanol–water partition coefficient (Wildman–Crippen LogP) is 4.18. The van der Waals surface area contributed by atoms with E-state index < -0.39 is 5.97 Å². The van der Waals surface area contributed by atoms with Gasteiger partial charge >= 0.3 is 5.97 Å². The van der Waals surface area contributed by atoms with Crippen LogP contribution in [0.1, 0.15) is 21.7 Å². The number of pyridine rings is 1.